The van der Waals surface area contributed by atoms with Crippen LogP contribution in [-0.2, 0) is 6.42 Å². The van der Waals surface area contributed by atoms with Crippen LogP contribution in [0.1, 0.15) is 43.2 Å². The number of aliphatic imine (C=N–C) groups is 1. The minimum Gasteiger partial charge on any atom is -0.362 e. The minimum absolute atomic E-state index is 0.283. The molecule has 0 radical (unpaired) electrons. The molecule has 2 aromatic rings. The number of halogens is 2. The van der Waals surface area contributed by atoms with Gasteiger partial charge >= 0.3 is 0 Å². The van der Waals surface area contributed by atoms with E-state index in [1.807, 2.05) is 31.1 Å². The number of rotatable bonds is 7. The number of anilines is 1. The zero-order chi connectivity index (χ0) is 23.4. The van der Waals surface area contributed by atoms with Crippen molar-refractivity contribution >= 4 is 11.5 Å². The normalized spacial score (nSPS) is 24.6. The monoisotopic (exact) mass is 455 g/mol. The van der Waals surface area contributed by atoms with Crippen molar-refractivity contribution in [3.63, 3.8) is 0 Å². The van der Waals surface area contributed by atoms with E-state index < -0.39 is 17.4 Å². The van der Waals surface area contributed by atoms with E-state index >= 15 is 0 Å². The van der Waals surface area contributed by atoms with Crippen LogP contribution in [0.2, 0.25) is 0 Å². The van der Waals surface area contributed by atoms with Gasteiger partial charge in [0, 0.05) is 31.3 Å². The van der Waals surface area contributed by atoms with Crippen molar-refractivity contribution in [2.45, 2.75) is 44.3 Å². The number of aryl methyl sites for hydroxylation is 1. The molecule has 1 fully saturated rings. The van der Waals surface area contributed by atoms with Crippen LogP contribution in [0.3, 0.4) is 0 Å². The molecule has 1 heterocycles. The van der Waals surface area contributed by atoms with Crippen molar-refractivity contribution in [2.75, 3.05) is 32.5 Å². The molecule has 1 unspecified atom stereocenters. The highest BCUT2D eigenvalue weighted by Crippen LogP contribution is 2.38. The van der Waals surface area contributed by atoms with Crippen LogP contribution >= 0.6 is 0 Å². The molecule has 1 aliphatic heterocycles. The third kappa shape index (κ3) is 5.53. The van der Waals surface area contributed by atoms with Crippen LogP contribution in [0, 0.1) is 23.5 Å². The molecule has 0 saturated heterocycles. The van der Waals surface area contributed by atoms with E-state index in [4.69, 9.17) is 10.7 Å². The second kappa shape index (κ2) is 10.2. The second-order valence-electron chi connectivity index (χ2n) is 9.60. The summed E-state index contributed by atoms with van der Waals surface area (Å²) in [5.41, 5.74) is 9.82. The minimum atomic E-state index is -0.789. The predicted octanol–water partition coefficient (Wildman–Crippen LogP) is 4.34. The van der Waals surface area contributed by atoms with Crippen molar-refractivity contribution in [2.24, 2.45) is 22.6 Å². The summed E-state index contributed by atoms with van der Waals surface area (Å²) in [6, 6.07) is 12.4. The summed E-state index contributed by atoms with van der Waals surface area (Å²) >= 11 is 0. The second-order valence-corrected chi connectivity index (χ2v) is 9.60. The van der Waals surface area contributed by atoms with E-state index in [1.165, 1.54) is 12.1 Å². The molecule has 33 heavy (non-hydrogen) atoms. The van der Waals surface area contributed by atoms with Gasteiger partial charge in [-0.25, -0.2) is 13.8 Å². The van der Waals surface area contributed by atoms with E-state index in [0.717, 1.165) is 74.3 Å². The molecular weight excluding hydrogens is 420 g/mol. The maximum atomic E-state index is 13.3. The van der Waals surface area contributed by atoms with Gasteiger partial charge in [0.25, 0.3) is 0 Å². The first-order valence-corrected chi connectivity index (χ1v) is 11.9. The number of fused-ring (bicyclic) bond motifs is 1. The number of nitrogens with one attached hydrogen (secondary N) is 2. The SMILES string of the molecule is CN(C)C1=NC(N)(C2CCC(CNCCCc3ccc(F)c(F)c3)CC2)Nc2ccccc21. The van der Waals surface area contributed by atoms with Crippen molar-refractivity contribution in [3.8, 4) is 0 Å². The van der Waals surface area contributed by atoms with Crippen LogP contribution in [0.5, 0.6) is 0 Å². The number of nitrogens with two attached hydrogens (primary N) is 1. The molecule has 7 heteroatoms. The Bertz CT molecular complexity index is 984. The maximum Gasteiger partial charge on any atom is 0.187 e. The van der Waals surface area contributed by atoms with Gasteiger partial charge in [0.15, 0.2) is 17.4 Å². The summed E-state index contributed by atoms with van der Waals surface area (Å²) in [6.07, 6.45) is 5.96. The third-order valence-corrected chi connectivity index (χ3v) is 6.92. The highest BCUT2D eigenvalue weighted by Gasteiger charge is 2.40. The molecule has 1 saturated carbocycles. The average Bonchev–Trinajstić information content (AvgIpc) is 2.81. The Hall–Kier alpha value is -2.51. The summed E-state index contributed by atoms with van der Waals surface area (Å²) < 4.78 is 26.3. The lowest BCUT2D eigenvalue weighted by Crippen LogP contribution is -2.56. The van der Waals surface area contributed by atoms with E-state index in [-0.39, 0.29) is 5.92 Å². The largest absolute Gasteiger partial charge is 0.362 e. The number of para-hydroxylation sites is 1. The Morgan fingerprint density at radius 2 is 1.85 bits per heavy atom. The molecule has 4 rings (SSSR count). The quantitative estimate of drug-likeness (QED) is 0.544. The summed E-state index contributed by atoms with van der Waals surface area (Å²) in [7, 11) is 4.02. The molecule has 1 aliphatic carbocycles. The van der Waals surface area contributed by atoms with Crippen molar-refractivity contribution in [3.05, 3.63) is 65.2 Å². The molecule has 4 N–H and O–H groups in total. The standard InChI is InChI=1S/C26H35F2N5/c1-33(2)25-21-7-3-4-8-24(21)31-26(29,32-25)20-12-9-19(10-13-20)17-30-15-5-6-18-11-14-22(27)23(28)16-18/h3-4,7-8,11,14,16,19-20,30-31H,5-6,9-10,12-13,15,17,29H2,1-2H3. The zero-order valence-electron chi connectivity index (χ0n) is 19.6. The molecule has 2 aromatic carbocycles. The fourth-order valence-electron chi connectivity index (χ4n) is 5.03. The summed E-state index contributed by atoms with van der Waals surface area (Å²) in [4.78, 5) is 7.01. The van der Waals surface area contributed by atoms with Crippen LogP contribution in [-0.4, -0.2) is 43.7 Å². The molecule has 0 amide bonds. The van der Waals surface area contributed by atoms with E-state index in [1.54, 1.807) is 6.07 Å². The smallest absolute Gasteiger partial charge is 0.187 e. The van der Waals surface area contributed by atoms with Gasteiger partial charge in [-0.05, 0) is 87.4 Å². The Labute approximate surface area is 195 Å². The number of hydrogen-bond donors (Lipinski definition) is 3. The van der Waals surface area contributed by atoms with Crippen LogP contribution in [0.4, 0.5) is 14.5 Å². The van der Waals surface area contributed by atoms with Gasteiger partial charge in [-0.2, -0.15) is 0 Å². The first kappa shape index (κ1) is 23.6. The first-order chi connectivity index (χ1) is 15.9. The highest BCUT2D eigenvalue weighted by molar-refractivity contribution is 6.05. The molecule has 0 aromatic heterocycles. The summed E-state index contributed by atoms with van der Waals surface area (Å²) in [5.74, 6) is -0.504. The fraction of sp³-hybridized carbons (Fsp3) is 0.500. The molecule has 178 valence electrons. The Kier molecular flexibility index (Phi) is 7.29. The fourth-order valence-corrected chi connectivity index (χ4v) is 5.03. The predicted molar refractivity (Wildman–Crippen MR) is 130 cm³/mol. The lowest BCUT2D eigenvalue weighted by atomic mass is 9.78. The van der Waals surface area contributed by atoms with Crippen LogP contribution in [0.25, 0.3) is 0 Å². The Morgan fingerprint density at radius 3 is 2.58 bits per heavy atom. The number of amidine groups is 1. The molecular formula is C26H35F2N5. The lowest BCUT2D eigenvalue weighted by molar-refractivity contribution is 0.192. The van der Waals surface area contributed by atoms with Gasteiger partial charge in [-0.1, -0.05) is 18.2 Å². The molecule has 2 aliphatic rings. The number of hydrogen-bond acceptors (Lipinski definition) is 5. The van der Waals surface area contributed by atoms with Gasteiger partial charge in [0.05, 0.1) is 0 Å². The summed E-state index contributed by atoms with van der Waals surface area (Å²) in [5, 5.41) is 7.06. The van der Waals surface area contributed by atoms with Crippen molar-refractivity contribution < 1.29 is 8.78 Å². The number of benzene rings is 2. The molecule has 0 bridgehead atoms. The van der Waals surface area contributed by atoms with E-state index in [9.17, 15) is 8.78 Å². The average molecular weight is 456 g/mol. The first-order valence-electron chi connectivity index (χ1n) is 11.9. The van der Waals surface area contributed by atoms with Crippen LogP contribution < -0.4 is 16.4 Å². The van der Waals surface area contributed by atoms with Gasteiger partial charge in [-0.3, -0.25) is 5.73 Å². The Morgan fingerprint density at radius 1 is 1.09 bits per heavy atom. The van der Waals surface area contributed by atoms with E-state index in [2.05, 4.69) is 22.8 Å². The highest BCUT2D eigenvalue weighted by atomic mass is 19.2. The summed E-state index contributed by atoms with van der Waals surface area (Å²) in [6.45, 7) is 1.85. The van der Waals surface area contributed by atoms with Gasteiger partial charge in [-0.15, -0.1) is 0 Å². The van der Waals surface area contributed by atoms with Gasteiger partial charge < -0.3 is 15.5 Å². The van der Waals surface area contributed by atoms with Crippen LogP contribution in [0.15, 0.2) is 47.5 Å². The van der Waals surface area contributed by atoms with Gasteiger partial charge in [0.2, 0.25) is 0 Å². The van der Waals surface area contributed by atoms with Gasteiger partial charge in [0.1, 0.15) is 5.84 Å². The lowest BCUT2D eigenvalue weighted by Gasteiger charge is -2.43. The topological polar surface area (TPSA) is 65.7 Å². The maximum absolute atomic E-state index is 13.3. The van der Waals surface area contributed by atoms with E-state index in [0.29, 0.717) is 5.92 Å². The molecule has 0 spiro atoms. The molecule has 1 atom stereocenters. The number of nitrogens with zero attached hydrogens (tertiary/aromatic N) is 2. The zero-order valence-corrected chi connectivity index (χ0v) is 19.6. The molecule has 5 nitrogen and oxygen atoms in total. The third-order valence-electron chi connectivity index (χ3n) is 6.92. The van der Waals surface area contributed by atoms with Crippen molar-refractivity contribution in [1.82, 2.24) is 10.2 Å². The Balaban J connectivity index is 1.24. The van der Waals surface area contributed by atoms with Crippen molar-refractivity contribution in [1.29, 1.82) is 0 Å².